The van der Waals surface area contributed by atoms with Crippen LogP contribution >= 0.6 is 12.4 Å². The van der Waals surface area contributed by atoms with Crippen molar-refractivity contribution in [3.63, 3.8) is 0 Å². The summed E-state index contributed by atoms with van der Waals surface area (Å²) < 4.78 is 17.0. The number of terminal acetylenes is 1. The summed E-state index contributed by atoms with van der Waals surface area (Å²) in [6.07, 6.45) is 6.57. The summed E-state index contributed by atoms with van der Waals surface area (Å²) in [5.74, 6) is 3.63. The van der Waals surface area contributed by atoms with Gasteiger partial charge in [0.1, 0.15) is 6.61 Å². The van der Waals surface area contributed by atoms with Crippen LogP contribution in [0.2, 0.25) is 0 Å². The molecule has 8 nitrogen and oxygen atoms in total. The van der Waals surface area contributed by atoms with Crippen molar-refractivity contribution in [1.82, 2.24) is 14.6 Å². The van der Waals surface area contributed by atoms with Crippen molar-refractivity contribution < 1.29 is 14.2 Å². The van der Waals surface area contributed by atoms with Gasteiger partial charge in [0, 0.05) is 11.6 Å². The highest BCUT2D eigenvalue weighted by Crippen LogP contribution is 2.35. The largest absolute Gasteiger partial charge is 0.466 e. The quantitative estimate of drug-likeness (QED) is 0.660. The molecule has 2 N–H and O–H groups in total. The lowest BCUT2D eigenvalue weighted by Gasteiger charge is -2.03. The zero-order chi connectivity index (χ0) is 17.4. The van der Waals surface area contributed by atoms with E-state index in [4.69, 9.17) is 26.4 Å². The van der Waals surface area contributed by atoms with Gasteiger partial charge in [0.2, 0.25) is 6.79 Å². The van der Waals surface area contributed by atoms with Crippen molar-refractivity contribution in [2.75, 3.05) is 13.4 Å². The zero-order valence-corrected chi connectivity index (χ0v) is 14.2. The maximum Gasteiger partial charge on any atom is 0.275 e. The highest BCUT2D eigenvalue weighted by molar-refractivity contribution is 5.85. The predicted octanol–water partition coefficient (Wildman–Crippen LogP) is 0.300. The molecule has 0 aliphatic carbocycles. The van der Waals surface area contributed by atoms with E-state index in [0.717, 1.165) is 4.52 Å². The average molecular weight is 373 g/mol. The lowest BCUT2D eigenvalue weighted by atomic mass is 10.1. The molecule has 4 rings (SSSR count). The van der Waals surface area contributed by atoms with Gasteiger partial charge in [-0.15, -0.1) is 18.8 Å². The Morgan fingerprint density at radius 2 is 2.15 bits per heavy atom. The Morgan fingerprint density at radius 1 is 1.35 bits per heavy atom. The molecule has 0 spiro atoms. The molecule has 0 saturated carbocycles. The monoisotopic (exact) mass is 372 g/mol. The minimum atomic E-state index is -0.339. The first kappa shape index (κ1) is 17.4. The van der Waals surface area contributed by atoms with Crippen LogP contribution in [0.5, 0.6) is 11.5 Å². The number of hydrogen-bond donors (Lipinski definition) is 1. The fraction of sp³-hybridized carbons (Fsp3) is 0.118. The first-order valence-corrected chi connectivity index (χ1v) is 7.32. The van der Waals surface area contributed by atoms with Gasteiger partial charge in [0.15, 0.2) is 23.0 Å². The van der Waals surface area contributed by atoms with Crippen molar-refractivity contribution in [2.24, 2.45) is 5.73 Å². The summed E-state index contributed by atoms with van der Waals surface area (Å²) in [7, 11) is 0. The number of halogens is 1. The molecule has 3 heterocycles. The molecule has 1 aromatic carbocycles. The van der Waals surface area contributed by atoms with Crippen LogP contribution in [-0.4, -0.2) is 28.0 Å². The highest BCUT2D eigenvalue weighted by Gasteiger charge is 2.16. The van der Waals surface area contributed by atoms with Crippen LogP contribution in [0.15, 0.2) is 35.3 Å². The third-order valence-electron chi connectivity index (χ3n) is 3.68. The van der Waals surface area contributed by atoms with Gasteiger partial charge in [-0.25, -0.2) is 4.98 Å². The van der Waals surface area contributed by atoms with E-state index in [2.05, 4.69) is 16.0 Å². The number of nitrogens with two attached hydrogens (primary N) is 1. The van der Waals surface area contributed by atoms with Gasteiger partial charge in [-0.2, -0.15) is 9.61 Å². The lowest BCUT2D eigenvalue weighted by Crippen LogP contribution is -2.20. The Kier molecular flexibility index (Phi) is 4.56. The molecule has 132 valence electrons. The van der Waals surface area contributed by atoms with Gasteiger partial charge in [0.05, 0.1) is 17.1 Å². The van der Waals surface area contributed by atoms with Gasteiger partial charge in [-0.3, -0.25) is 4.79 Å². The minimum absolute atomic E-state index is 0. The van der Waals surface area contributed by atoms with Crippen LogP contribution in [0.25, 0.3) is 22.8 Å². The molecule has 0 saturated heterocycles. The molecular formula is C17H13ClN4O4. The van der Waals surface area contributed by atoms with Crippen molar-refractivity contribution in [3.05, 3.63) is 46.0 Å². The molecule has 0 fully saturated rings. The second-order valence-corrected chi connectivity index (χ2v) is 5.20. The van der Waals surface area contributed by atoms with Crippen molar-refractivity contribution in [3.8, 4) is 35.1 Å². The Bertz CT molecular complexity index is 1140. The second kappa shape index (κ2) is 6.82. The van der Waals surface area contributed by atoms with Crippen LogP contribution in [0, 0.1) is 12.3 Å². The molecular weight excluding hydrogens is 360 g/mol. The molecule has 1 aliphatic rings. The molecule has 0 atom stereocenters. The fourth-order valence-electron chi connectivity index (χ4n) is 2.51. The van der Waals surface area contributed by atoms with Crippen molar-refractivity contribution in [1.29, 1.82) is 0 Å². The number of benzene rings is 1. The molecule has 0 radical (unpaired) electrons. The molecule has 0 bridgehead atoms. The normalized spacial score (nSPS) is 13.0. The molecule has 1 aliphatic heterocycles. The Morgan fingerprint density at radius 3 is 2.96 bits per heavy atom. The van der Waals surface area contributed by atoms with Crippen LogP contribution in [-0.2, 0) is 4.74 Å². The standard InChI is InChI=1S/C17H12N4O4.ClH/c1-2-5-23-16(18)11-8-19-21-15(22)7-12(20-17(11)21)10-3-4-13-14(6-10)25-9-24-13;/h1,3-4,6-8H,5,9,18H2;1H. The first-order chi connectivity index (χ1) is 12.2. The van der Waals surface area contributed by atoms with Crippen LogP contribution in [0.4, 0.5) is 0 Å². The van der Waals surface area contributed by atoms with Crippen LogP contribution in [0.3, 0.4) is 0 Å². The summed E-state index contributed by atoms with van der Waals surface area (Å²) in [4.78, 5) is 16.8. The first-order valence-electron chi connectivity index (χ1n) is 7.32. The maximum atomic E-state index is 12.3. The number of nitrogens with zero attached hydrogens (tertiary/aromatic N) is 3. The summed E-state index contributed by atoms with van der Waals surface area (Å²) >= 11 is 0. The van der Waals surface area contributed by atoms with Crippen molar-refractivity contribution in [2.45, 2.75) is 0 Å². The molecule has 26 heavy (non-hydrogen) atoms. The minimum Gasteiger partial charge on any atom is -0.466 e. The van der Waals surface area contributed by atoms with E-state index in [-0.39, 0.29) is 42.9 Å². The highest BCUT2D eigenvalue weighted by atomic mass is 35.5. The van der Waals surface area contributed by atoms with E-state index in [0.29, 0.717) is 28.0 Å². The summed E-state index contributed by atoms with van der Waals surface area (Å²) in [6, 6.07) is 6.71. The van der Waals surface area contributed by atoms with E-state index in [9.17, 15) is 4.79 Å². The van der Waals surface area contributed by atoms with E-state index in [1.165, 1.54) is 12.3 Å². The van der Waals surface area contributed by atoms with Gasteiger partial charge in [-0.05, 0) is 18.2 Å². The van der Waals surface area contributed by atoms with E-state index >= 15 is 0 Å². The van der Waals surface area contributed by atoms with Crippen molar-refractivity contribution >= 4 is 23.9 Å². The summed E-state index contributed by atoms with van der Waals surface area (Å²) in [6.45, 7) is 0.179. The van der Waals surface area contributed by atoms with Gasteiger partial charge >= 0.3 is 0 Å². The third kappa shape index (κ3) is 2.85. The van der Waals surface area contributed by atoms with Gasteiger partial charge in [0.25, 0.3) is 5.56 Å². The number of hydrogen-bond acceptors (Lipinski definition) is 7. The van der Waals surface area contributed by atoms with Gasteiger partial charge < -0.3 is 19.9 Å². The number of rotatable bonds is 3. The molecule has 2 aromatic heterocycles. The number of fused-ring (bicyclic) bond motifs is 2. The lowest BCUT2D eigenvalue weighted by molar-refractivity contribution is 0.174. The Hall–Kier alpha value is -3.44. The Labute approximate surface area is 153 Å². The van der Waals surface area contributed by atoms with E-state index in [1.807, 2.05) is 0 Å². The average Bonchev–Trinajstić information content (AvgIpc) is 3.25. The number of aromatic nitrogens is 3. The molecule has 3 aromatic rings. The van der Waals surface area contributed by atoms with Crippen LogP contribution < -0.4 is 26.0 Å². The predicted molar refractivity (Wildman–Crippen MR) is 95.7 cm³/mol. The Balaban J connectivity index is 0.00000196. The zero-order valence-electron chi connectivity index (χ0n) is 13.3. The topological polar surface area (TPSA) is 101 Å². The van der Waals surface area contributed by atoms with E-state index in [1.54, 1.807) is 18.2 Å². The van der Waals surface area contributed by atoms with Gasteiger partial charge in [-0.1, -0.05) is 5.92 Å². The van der Waals surface area contributed by atoms with E-state index < -0.39 is 0 Å². The fourth-order valence-corrected chi connectivity index (χ4v) is 2.51. The summed E-state index contributed by atoms with van der Waals surface area (Å²) in [5.41, 5.74) is 6.99. The molecule has 0 amide bonds. The second-order valence-electron chi connectivity index (χ2n) is 5.20. The maximum absolute atomic E-state index is 12.3. The third-order valence-corrected chi connectivity index (χ3v) is 3.68. The molecule has 9 heteroatoms. The van der Waals surface area contributed by atoms with Crippen LogP contribution in [0.1, 0.15) is 0 Å². The number of ether oxygens (including phenoxy) is 3. The summed E-state index contributed by atoms with van der Waals surface area (Å²) in [5, 5.41) is 4.40. The smallest absolute Gasteiger partial charge is 0.275 e. The SMILES string of the molecule is C#CCOC(N)=c1cnn2c(=O)cc(-c3ccc4c(c3)OCO4)nc12.Cl. The molecule has 0 unspecified atom stereocenters.